The maximum Gasteiger partial charge on any atom is 0.337 e. The highest BCUT2D eigenvalue weighted by molar-refractivity contribution is 5.89. The van der Waals surface area contributed by atoms with E-state index >= 15 is 0 Å². The van der Waals surface area contributed by atoms with Gasteiger partial charge in [-0.1, -0.05) is 0 Å². The Morgan fingerprint density at radius 1 is 1.14 bits per heavy atom. The lowest BCUT2D eigenvalue weighted by atomic mass is 9.72. The molecule has 6 rings (SSSR count). The zero-order valence-electron chi connectivity index (χ0n) is 20.2. The molecule has 3 aliphatic rings. The average molecular weight is 477 g/mol. The van der Waals surface area contributed by atoms with Gasteiger partial charge in [-0.25, -0.2) is 4.79 Å². The van der Waals surface area contributed by atoms with Crippen molar-refractivity contribution in [1.29, 1.82) is 0 Å². The van der Waals surface area contributed by atoms with Crippen molar-refractivity contribution in [2.75, 3.05) is 33.9 Å². The molecular weight excluding hydrogens is 444 g/mol. The van der Waals surface area contributed by atoms with Gasteiger partial charge in [0.15, 0.2) is 0 Å². The number of methoxy groups -OCH3 is 2. The number of benzene rings is 2. The maximum atomic E-state index is 11.6. The van der Waals surface area contributed by atoms with Crippen molar-refractivity contribution in [3.8, 4) is 11.5 Å². The lowest BCUT2D eigenvalue weighted by molar-refractivity contribution is -0.0593. The van der Waals surface area contributed by atoms with Crippen LogP contribution in [-0.2, 0) is 4.74 Å². The summed E-state index contributed by atoms with van der Waals surface area (Å²) in [6, 6.07) is 14.9. The molecule has 7 heteroatoms. The van der Waals surface area contributed by atoms with Crippen LogP contribution in [0.15, 0.2) is 54.7 Å². The number of hydrogen-bond donors (Lipinski definition) is 1. The van der Waals surface area contributed by atoms with Crippen molar-refractivity contribution < 1.29 is 24.1 Å². The van der Waals surface area contributed by atoms with E-state index in [1.54, 1.807) is 25.4 Å². The second kappa shape index (κ2) is 10.2. The predicted octanol–water partition coefficient (Wildman–Crippen LogP) is 4.24. The molecule has 2 bridgehead atoms. The second-order valence-corrected chi connectivity index (χ2v) is 9.49. The molecule has 0 radical (unpaired) electrons. The fraction of sp³-hybridized carbons (Fsp3) is 0.429. The molecule has 2 aromatic carbocycles. The van der Waals surface area contributed by atoms with E-state index in [0.29, 0.717) is 24.0 Å². The van der Waals surface area contributed by atoms with E-state index in [-0.39, 0.29) is 12.0 Å². The van der Waals surface area contributed by atoms with Gasteiger partial charge in [0.1, 0.15) is 11.5 Å². The second-order valence-electron chi connectivity index (χ2n) is 9.49. The third kappa shape index (κ3) is 4.83. The first-order valence-corrected chi connectivity index (χ1v) is 12.2. The summed E-state index contributed by atoms with van der Waals surface area (Å²) in [7, 11) is 3.03. The van der Waals surface area contributed by atoms with E-state index in [1.165, 1.54) is 7.11 Å². The molecular formula is C28H32N2O5. The van der Waals surface area contributed by atoms with E-state index in [0.717, 1.165) is 60.3 Å². The molecule has 3 aliphatic heterocycles. The molecule has 7 nitrogen and oxygen atoms in total. The van der Waals surface area contributed by atoms with Crippen LogP contribution in [0.4, 0.5) is 0 Å². The highest BCUT2D eigenvalue weighted by Gasteiger charge is 2.43. The number of carbonyl (C=O) groups is 1. The summed E-state index contributed by atoms with van der Waals surface area (Å²) in [6.45, 7) is 2.63. The molecule has 35 heavy (non-hydrogen) atoms. The van der Waals surface area contributed by atoms with Gasteiger partial charge in [-0.05, 0) is 91.7 Å². The number of rotatable bonds is 8. The van der Waals surface area contributed by atoms with Crippen molar-refractivity contribution in [2.24, 2.45) is 11.8 Å². The Hall–Kier alpha value is -3.16. The molecule has 3 fully saturated rings. The van der Waals surface area contributed by atoms with Crippen LogP contribution in [0, 0.1) is 11.8 Å². The minimum Gasteiger partial charge on any atom is -0.497 e. The number of nitrogens with zero attached hydrogens (tertiary/aromatic N) is 2. The largest absolute Gasteiger partial charge is 0.497 e. The van der Waals surface area contributed by atoms with Gasteiger partial charge in [0.2, 0.25) is 0 Å². The number of fused-ring (bicyclic) bond motifs is 4. The van der Waals surface area contributed by atoms with E-state index in [2.05, 4.69) is 9.88 Å². The summed E-state index contributed by atoms with van der Waals surface area (Å²) >= 11 is 0. The molecule has 3 aromatic rings. The Morgan fingerprint density at radius 3 is 2.66 bits per heavy atom. The van der Waals surface area contributed by atoms with Crippen LogP contribution < -0.4 is 9.47 Å². The highest BCUT2D eigenvalue weighted by Crippen LogP contribution is 2.43. The molecule has 0 spiro atoms. The van der Waals surface area contributed by atoms with Gasteiger partial charge in [0.05, 0.1) is 38.0 Å². The maximum absolute atomic E-state index is 11.6. The minimum absolute atomic E-state index is 0.105. The smallest absolute Gasteiger partial charge is 0.337 e. The fourth-order valence-electron chi connectivity index (χ4n) is 5.71. The van der Waals surface area contributed by atoms with Crippen molar-refractivity contribution in [1.82, 2.24) is 9.88 Å². The Morgan fingerprint density at radius 2 is 1.94 bits per heavy atom. The molecule has 0 amide bonds. The summed E-state index contributed by atoms with van der Waals surface area (Å²) in [5, 5.41) is 12.4. The molecule has 5 atom stereocenters. The summed E-state index contributed by atoms with van der Waals surface area (Å²) in [5.74, 6) is 2.31. The number of aliphatic hydroxyl groups excluding tert-OH is 1. The van der Waals surface area contributed by atoms with Gasteiger partial charge in [-0.2, -0.15) is 0 Å². The molecule has 4 heterocycles. The van der Waals surface area contributed by atoms with Crippen LogP contribution in [0.5, 0.6) is 11.5 Å². The van der Waals surface area contributed by atoms with Crippen LogP contribution >= 0.6 is 0 Å². The molecule has 184 valence electrons. The zero-order chi connectivity index (χ0) is 24.4. The van der Waals surface area contributed by atoms with Crippen molar-refractivity contribution in [3.05, 3.63) is 65.9 Å². The first-order valence-electron chi connectivity index (χ1n) is 12.2. The summed E-state index contributed by atoms with van der Waals surface area (Å²) < 4.78 is 16.1. The molecule has 3 saturated heterocycles. The van der Waals surface area contributed by atoms with Crippen LogP contribution in [0.3, 0.4) is 0 Å². The topological polar surface area (TPSA) is 81.1 Å². The third-order valence-electron chi connectivity index (χ3n) is 7.63. The molecule has 1 aromatic heterocycles. The number of carbonyl (C=O) groups excluding carboxylic acids is 1. The van der Waals surface area contributed by atoms with Crippen LogP contribution in [0.1, 0.15) is 41.3 Å². The Bertz CT molecular complexity index is 1180. The number of piperidine rings is 3. The number of hydrogen-bond acceptors (Lipinski definition) is 7. The van der Waals surface area contributed by atoms with Crippen LogP contribution in [-0.4, -0.2) is 60.9 Å². The van der Waals surface area contributed by atoms with Crippen molar-refractivity contribution in [3.63, 3.8) is 0 Å². The molecule has 1 unspecified atom stereocenters. The van der Waals surface area contributed by atoms with E-state index in [1.807, 2.05) is 36.4 Å². The van der Waals surface area contributed by atoms with Gasteiger partial charge in [0.25, 0.3) is 0 Å². The fourth-order valence-corrected chi connectivity index (χ4v) is 5.71. The number of pyridine rings is 1. The number of ether oxygens (including phenoxy) is 3. The van der Waals surface area contributed by atoms with Gasteiger partial charge in [-0.3, -0.25) is 9.88 Å². The lowest BCUT2D eigenvalue weighted by Gasteiger charge is -2.51. The Kier molecular flexibility index (Phi) is 6.88. The third-order valence-corrected chi connectivity index (χ3v) is 7.63. The van der Waals surface area contributed by atoms with Crippen LogP contribution in [0.25, 0.3) is 10.9 Å². The first kappa shape index (κ1) is 23.6. The Labute approximate surface area is 205 Å². The Balaban J connectivity index is 1.21. The van der Waals surface area contributed by atoms with E-state index in [4.69, 9.17) is 14.2 Å². The normalized spacial score (nSPS) is 24.2. The highest BCUT2D eigenvalue weighted by atomic mass is 16.5. The summed E-state index contributed by atoms with van der Waals surface area (Å²) in [4.78, 5) is 18.5. The minimum atomic E-state index is -0.569. The SMILES string of the molecule is COC(=O)c1ccc(OCC[C@H]2CN3CC[C@H]2C[C@H]3[C@H](O)c2ccnc3ccc(OC)cc23)cc1. The van der Waals surface area contributed by atoms with Gasteiger partial charge in [-0.15, -0.1) is 0 Å². The average Bonchev–Trinajstić information content (AvgIpc) is 2.92. The predicted molar refractivity (Wildman–Crippen MR) is 133 cm³/mol. The summed E-state index contributed by atoms with van der Waals surface area (Å²) in [5.41, 5.74) is 2.30. The molecule has 0 aliphatic carbocycles. The van der Waals surface area contributed by atoms with E-state index < -0.39 is 6.10 Å². The monoisotopic (exact) mass is 476 g/mol. The van der Waals surface area contributed by atoms with Crippen molar-refractivity contribution >= 4 is 16.9 Å². The summed E-state index contributed by atoms with van der Waals surface area (Å²) in [6.07, 6.45) is 4.32. The van der Waals surface area contributed by atoms with Gasteiger partial charge >= 0.3 is 5.97 Å². The standard InChI is InChI=1S/C28H32N2O5/c1-33-22-7-8-25-24(16-22)23(9-12-29-25)27(31)26-15-19-10-13-30(26)17-20(19)11-14-35-21-5-3-18(4-6-21)28(32)34-2/h3-9,12,16,19-20,26-27,31H,10-11,13-15,17H2,1-2H3/t19-,20-,26-,27+/m0/s1. The van der Waals surface area contributed by atoms with E-state index in [9.17, 15) is 9.90 Å². The van der Waals surface area contributed by atoms with Crippen molar-refractivity contribution in [2.45, 2.75) is 31.4 Å². The lowest BCUT2D eigenvalue weighted by Crippen LogP contribution is -2.55. The number of esters is 1. The zero-order valence-corrected chi connectivity index (χ0v) is 20.2. The molecule has 0 saturated carbocycles. The quantitative estimate of drug-likeness (QED) is 0.487. The first-order chi connectivity index (χ1) is 17.1. The van der Waals surface area contributed by atoms with Gasteiger partial charge in [0, 0.05) is 24.2 Å². The van der Waals surface area contributed by atoms with Gasteiger partial charge < -0.3 is 19.3 Å². The van der Waals surface area contributed by atoms with Crippen LogP contribution in [0.2, 0.25) is 0 Å². The molecule has 1 N–H and O–H groups in total. The number of aliphatic hydroxyl groups is 1. The number of aromatic nitrogens is 1.